The molecule has 0 fully saturated rings. The molecule has 138 valence electrons. The molecule has 0 aliphatic heterocycles. The van der Waals surface area contributed by atoms with E-state index in [0.717, 1.165) is 15.8 Å². The molecule has 0 spiro atoms. The van der Waals surface area contributed by atoms with Gasteiger partial charge in [-0.1, -0.05) is 25.1 Å². The Bertz CT molecular complexity index is 794. The fourth-order valence-electron chi connectivity index (χ4n) is 1.98. The lowest BCUT2D eigenvalue weighted by atomic mass is 10.1. The number of ether oxygens (including phenoxy) is 1. The maximum absolute atomic E-state index is 11.8. The first-order valence-electron chi connectivity index (χ1n) is 7.81. The summed E-state index contributed by atoms with van der Waals surface area (Å²) in [5, 5.41) is 2.46. The van der Waals surface area contributed by atoms with Crippen molar-refractivity contribution in [2.75, 3.05) is 13.2 Å². The quantitative estimate of drug-likeness (QED) is 0.574. The number of nitrogens with one attached hydrogen (secondary N) is 3. The first-order valence-corrected chi connectivity index (χ1v) is 9.42. The summed E-state index contributed by atoms with van der Waals surface area (Å²) in [7, 11) is 0. The van der Waals surface area contributed by atoms with Gasteiger partial charge in [-0.2, -0.15) is 0 Å². The largest absolute Gasteiger partial charge is 0.483 e. The van der Waals surface area contributed by atoms with Crippen molar-refractivity contribution in [3.05, 3.63) is 50.6 Å². The normalized spacial score (nSPS) is 10.1. The second-order valence-electron chi connectivity index (χ2n) is 5.13. The van der Waals surface area contributed by atoms with Gasteiger partial charge in [-0.05, 0) is 46.1 Å². The van der Waals surface area contributed by atoms with Crippen LogP contribution in [0.5, 0.6) is 5.75 Å². The molecule has 1 heterocycles. The zero-order valence-corrected chi connectivity index (χ0v) is 16.4. The van der Waals surface area contributed by atoms with Crippen molar-refractivity contribution in [2.24, 2.45) is 0 Å². The molecule has 2 rings (SSSR count). The van der Waals surface area contributed by atoms with Gasteiger partial charge in [0.2, 0.25) is 0 Å². The topological polar surface area (TPSA) is 96.5 Å². The fraction of sp³-hybridized carbons (Fsp3) is 0.235. The van der Waals surface area contributed by atoms with E-state index in [0.29, 0.717) is 10.6 Å². The van der Waals surface area contributed by atoms with Crippen molar-refractivity contribution in [3.63, 3.8) is 0 Å². The van der Waals surface area contributed by atoms with Crippen LogP contribution in [0.25, 0.3) is 0 Å². The standard InChI is InChI=1S/C17H18BrN3O4S/c1-2-11-5-3-4-6-12(11)25-10-16(23)21-20-15(22)9-19-17(24)13-7-8-14(18)26-13/h3-8H,2,9-10H2,1H3,(H,19,24)(H,20,22)(H,21,23). The van der Waals surface area contributed by atoms with Gasteiger partial charge < -0.3 is 10.1 Å². The highest BCUT2D eigenvalue weighted by Gasteiger charge is 2.11. The van der Waals surface area contributed by atoms with Gasteiger partial charge in [0.05, 0.1) is 15.2 Å². The van der Waals surface area contributed by atoms with Crippen molar-refractivity contribution in [3.8, 4) is 5.75 Å². The number of hydrogen-bond donors (Lipinski definition) is 3. The average Bonchev–Trinajstić information content (AvgIpc) is 3.09. The van der Waals surface area contributed by atoms with Crippen LogP contribution >= 0.6 is 27.3 Å². The molecule has 1 aromatic carbocycles. The molecule has 3 N–H and O–H groups in total. The molecule has 0 atom stereocenters. The molecule has 0 aliphatic carbocycles. The van der Waals surface area contributed by atoms with Gasteiger partial charge >= 0.3 is 0 Å². The molecule has 0 saturated heterocycles. The molecular formula is C17H18BrN3O4S. The Kier molecular flexibility index (Phi) is 7.61. The highest BCUT2D eigenvalue weighted by atomic mass is 79.9. The third kappa shape index (κ3) is 6.16. The van der Waals surface area contributed by atoms with E-state index in [1.165, 1.54) is 11.3 Å². The average molecular weight is 440 g/mol. The number of hydrazine groups is 1. The number of rotatable bonds is 7. The summed E-state index contributed by atoms with van der Waals surface area (Å²) in [6, 6.07) is 10.8. The third-order valence-corrected chi connectivity index (χ3v) is 4.88. The van der Waals surface area contributed by atoms with Gasteiger partial charge in [0.25, 0.3) is 17.7 Å². The summed E-state index contributed by atoms with van der Waals surface area (Å²) in [6.07, 6.45) is 0.787. The van der Waals surface area contributed by atoms with Crippen LogP contribution in [0.3, 0.4) is 0 Å². The van der Waals surface area contributed by atoms with Gasteiger partial charge in [0, 0.05) is 0 Å². The van der Waals surface area contributed by atoms with Crippen molar-refractivity contribution in [1.29, 1.82) is 0 Å². The third-order valence-electron chi connectivity index (χ3n) is 3.26. The van der Waals surface area contributed by atoms with Gasteiger partial charge in [0.15, 0.2) is 6.61 Å². The Morgan fingerprint density at radius 3 is 2.50 bits per heavy atom. The number of thiophene rings is 1. The van der Waals surface area contributed by atoms with Gasteiger partial charge in [-0.3, -0.25) is 25.2 Å². The van der Waals surface area contributed by atoms with Crippen LogP contribution in [-0.2, 0) is 16.0 Å². The Hall–Kier alpha value is -2.39. The van der Waals surface area contributed by atoms with Crippen LogP contribution in [0.1, 0.15) is 22.2 Å². The number of benzene rings is 1. The lowest BCUT2D eigenvalue weighted by Gasteiger charge is -2.11. The molecule has 0 aliphatic rings. The van der Waals surface area contributed by atoms with Crippen molar-refractivity contribution in [1.82, 2.24) is 16.2 Å². The van der Waals surface area contributed by atoms with Crippen LogP contribution in [0.2, 0.25) is 0 Å². The predicted molar refractivity (Wildman–Crippen MR) is 102 cm³/mol. The smallest absolute Gasteiger partial charge is 0.276 e. The second-order valence-corrected chi connectivity index (χ2v) is 7.60. The fourth-order valence-corrected chi connectivity index (χ4v) is 3.29. The molecule has 0 bridgehead atoms. The molecular weight excluding hydrogens is 422 g/mol. The molecule has 7 nitrogen and oxygen atoms in total. The number of para-hydroxylation sites is 1. The number of carbonyl (C=O) groups excluding carboxylic acids is 3. The number of hydrogen-bond acceptors (Lipinski definition) is 5. The van der Waals surface area contributed by atoms with Crippen molar-refractivity contribution < 1.29 is 19.1 Å². The summed E-state index contributed by atoms with van der Waals surface area (Å²) in [6.45, 7) is 1.51. The summed E-state index contributed by atoms with van der Waals surface area (Å²) in [4.78, 5) is 35.7. The van der Waals surface area contributed by atoms with Crippen LogP contribution in [0.4, 0.5) is 0 Å². The summed E-state index contributed by atoms with van der Waals surface area (Å²) < 4.78 is 6.27. The van der Waals surface area contributed by atoms with Gasteiger partial charge in [-0.15, -0.1) is 11.3 Å². The van der Waals surface area contributed by atoms with E-state index in [9.17, 15) is 14.4 Å². The lowest BCUT2D eigenvalue weighted by Crippen LogP contribution is -2.47. The predicted octanol–water partition coefficient (Wildman–Crippen LogP) is 2.03. The maximum atomic E-state index is 11.8. The molecule has 9 heteroatoms. The minimum absolute atomic E-state index is 0.229. The van der Waals surface area contributed by atoms with E-state index in [1.54, 1.807) is 18.2 Å². The highest BCUT2D eigenvalue weighted by molar-refractivity contribution is 9.11. The number of aryl methyl sites for hydroxylation is 1. The Balaban J connectivity index is 1.68. The number of carbonyl (C=O) groups is 3. The van der Waals surface area contributed by atoms with E-state index < -0.39 is 11.8 Å². The number of halogens is 1. The monoisotopic (exact) mass is 439 g/mol. The van der Waals surface area contributed by atoms with Crippen LogP contribution < -0.4 is 20.9 Å². The minimum Gasteiger partial charge on any atom is -0.483 e. The van der Waals surface area contributed by atoms with Crippen LogP contribution in [0, 0.1) is 0 Å². The molecule has 26 heavy (non-hydrogen) atoms. The highest BCUT2D eigenvalue weighted by Crippen LogP contribution is 2.21. The van der Waals surface area contributed by atoms with E-state index in [4.69, 9.17) is 4.74 Å². The van der Waals surface area contributed by atoms with Crippen LogP contribution in [0.15, 0.2) is 40.2 Å². The van der Waals surface area contributed by atoms with E-state index in [1.807, 2.05) is 25.1 Å². The molecule has 0 radical (unpaired) electrons. The Morgan fingerprint density at radius 2 is 1.81 bits per heavy atom. The van der Waals surface area contributed by atoms with E-state index >= 15 is 0 Å². The summed E-state index contributed by atoms with van der Waals surface area (Å²) >= 11 is 4.52. The minimum atomic E-state index is -0.545. The van der Waals surface area contributed by atoms with Crippen molar-refractivity contribution >= 4 is 45.0 Å². The first kappa shape index (κ1) is 19.9. The SMILES string of the molecule is CCc1ccccc1OCC(=O)NNC(=O)CNC(=O)c1ccc(Br)s1. The second kappa shape index (κ2) is 9.93. The van der Waals surface area contributed by atoms with Gasteiger partial charge in [0.1, 0.15) is 5.75 Å². The summed E-state index contributed by atoms with van der Waals surface area (Å²) in [5.74, 6) is -0.776. The molecule has 0 unspecified atom stereocenters. The zero-order chi connectivity index (χ0) is 18.9. The zero-order valence-electron chi connectivity index (χ0n) is 14.0. The summed E-state index contributed by atoms with van der Waals surface area (Å²) in [5.41, 5.74) is 5.45. The van der Waals surface area contributed by atoms with E-state index in [-0.39, 0.29) is 19.1 Å². The Labute approximate surface area is 163 Å². The molecule has 3 amide bonds. The first-order chi connectivity index (χ1) is 12.5. The maximum Gasteiger partial charge on any atom is 0.276 e. The molecule has 1 aromatic heterocycles. The van der Waals surface area contributed by atoms with Gasteiger partial charge in [-0.25, -0.2) is 0 Å². The van der Waals surface area contributed by atoms with Crippen molar-refractivity contribution in [2.45, 2.75) is 13.3 Å². The lowest BCUT2D eigenvalue weighted by molar-refractivity contribution is -0.129. The molecule has 2 aromatic rings. The molecule has 0 saturated carbocycles. The van der Waals surface area contributed by atoms with Crippen LogP contribution in [-0.4, -0.2) is 30.9 Å². The Morgan fingerprint density at radius 1 is 1.08 bits per heavy atom. The number of amides is 3. The van der Waals surface area contributed by atoms with E-state index in [2.05, 4.69) is 32.1 Å².